The van der Waals surface area contributed by atoms with Crippen molar-refractivity contribution in [3.8, 4) is 17.2 Å². The van der Waals surface area contributed by atoms with Crippen LogP contribution in [-0.4, -0.2) is 41.7 Å². The number of methoxy groups -OCH3 is 2. The van der Waals surface area contributed by atoms with E-state index in [0.717, 1.165) is 5.56 Å². The van der Waals surface area contributed by atoms with Crippen LogP contribution >= 0.6 is 15.9 Å². The molecule has 4 aromatic rings. The zero-order valence-corrected chi connectivity index (χ0v) is 22.3. The lowest BCUT2D eigenvalue weighted by Crippen LogP contribution is -2.37. The van der Waals surface area contributed by atoms with Gasteiger partial charge in [-0.1, -0.05) is 30.3 Å². The molecule has 0 aliphatic rings. The third-order valence-corrected chi connectivity index (χ3v) is 6.95. The van der Waals surface area contributed by atoms with Crippen LogP contribution in [-0.2, 0) is 0 Å². The molecule has 0 aliphatic heterocycles. The summed E-state index contributed by atoms with van der Waals surface area (Å²) in [5.74, 6) is 1.39. The molecule has 4 rings (SSSR count). The number of amides is 2. The minimum atomic E-state index is -0.574. The summed E-state index contributed by atoms with van der Waals surface area (Å²) in [6, 6.07) is 17.2. The molecule has 8 nitrogen and oxygen atoms in total. The van der Waals surface area contributed by atoms with E-state index >= 15 is 0 Å². The van der Waals surface area contributed by atoms with Crippen LogP contribution in [0.15, 0.2) is 69.9 Å². The maximum Gasteiger partial charge on any atom is 0.322 e. The fourth-order valence-corrected chi connectivity index (χ4v) is 4.48. The zero-order valence-electron chi connectivity index (χ0n) is 20.7. The molecule has 0 saturated carbocycles. The fraction of sp³-hybridized carbons (Fsp3) is 0.222. The number of carbonyl (C=O) groups excluding carboxylic acids is 1. The summed E-state index contributed by atoms with van der Waals surface area (Å²) in [5, 5.41) is 3.40. The van der Waals surface area contributed by atoms with Gasteiger partial charge in [-0.05, 0) is 53.5 Å². The van der Waals surface area contributed by atoms with Gasteiger partial charge in [-0.25, -0.2) is 9.78 Å². The molecule has 1 heterocycles. The van der Waals surface area contributed by atoms with Crippen LogP contribution in [0.5, 0.6) is 11.5 Å². The van der Waals surface area contributed by atoms with E-state index in [-0.39, 0.29) is 11.6 Å². The van der Waals surface area contributed by atoms with E-state index in [4.69, 9.17) is 14.5 Å². The van der Waals surface area contributed by atoms with Gasteiger partial charge in [-0.2, -0.15) is 0 Å². The summed E-state index contributed by atoms with van der Waals surface area (Å²) in [5.41, 5.74) is 2.42. The second kappa shape index (κ2) is 10.4. The third-order valence-electron chi connectivity index (χ3n) is 6.15. The van der Waals surface area contributed by atoms with E-state index in [2.05, 4.69) is 21.2 Å². The lowest BCUT2D eigenvalue weighted by molar-refractivity contribution is 0.205. The van der Waals surface area contributed by atoms with Crippen LogP contribution in [0, 0.1) is 6.92 Å². The van der Waals surface area contributed by atoms with E-state index in [1.165, 1.54) is 16.6 Å². The van der Waals surface area contributed by atoms with Crippen molar-refractivity contribution in [2.24, 2.45) is 0 Å². The number of rotatable bonds is 6. The summed E-state index contributed by atoms with van der Waals surface area (Å²) < 4.78 is 13.0. The highest BCUT2D eigenvalue weighted by Crippen LogP contribution is 2.36. The number of nitrogens with zero attached hydrogens (tertiary/aromatic N) is 3. The van der Waals surface area contributed by atoms with Gasteiger partial charge < -0.3 is 19.7 Å². The van der Waals surface area contributed by atoms with Crippen LogP contribution in [0.2, 0.25) is 0 Å². The number of benzene rings is 3. The van der Waals surface area contributed by atoms with Crippen LogP contribution in [0.3, 0.4) is 0 Å². The second-order valence-corrected chi connectivity index (χ2v) is 9.12. The normalized spacial score (nSPS) is 11.7. The SMILES string of the molecule is COc1cc(OC)c(Br)c(-n2c(C(C)N(C)C(=O)Nc3ccccc3C)nc3ccccc3c2=O)c1. The molecule has 1 N–H and O–H groups in total. The fourth-order valence-electron chi connectivity index (χ4n) is 3.92. The molecule has 1 atom stereocenters. The zero-order chi connectivity index (χ0) is 26.0. The maximum atomic E-state index is 13.8. The van der Waals surface area contributed by atoms with Crippen molar-refractivity contribution in [1.82, 2.24) is 14.5 Å². The minimum Gasteiger partial charge on any atom is -0.497 e. The van der Waals surface area contributed by atoms with Crippen molar-refractivity contribution in [1.29, 1.82) is 0 Å². The Morgan fingerprint density at radius 1 is 1.08 bits per heavy atom. The summed E-state index contributed by atoms with van der Waals surface area (Å²) >= 11 is 3.58. The molecule has 0 fully saturated rings. The Bertz CT molecular complexity index is 1500. The van der Waals surface area contributed by atoms with E-state index in [0.29, 0.717) is 44.1 Å². The van der Waals surface area contributed by atoms with Gasteiger partial charge in [0.25, 0.3) is 5.56 Å². The first-order chi connectivity index (χ1) is 17.3. The lowest BCUT2D eigenvalue weighted by atomic mass is 10.2. The van der Waals surface area contributed by atoms with Gasteiger partial charge in [0, 0.05) is 24.9 Å². The Hall–Kier alpha value is -3.85. The number of nitrogens with one attached hydrogen (secondary N) is 1. The molecule has 3 aromatic carbocycles. The number of carbonyl (C=O) groups is 1. The highest BCUT2D eigenvalue weighted by atomic mass is 79.9. The van der Waals surface area contributed by atoms with Gasteiger partial charge in [0.1, 0.15) is 17.3 Å². The molecule has 1 aromatic heterocycles. The van der Waals surface area contributed by atoms with Crippen LogP contribution in [0.4, 0.5) is 10.5 Å². The Labute approximate surface area is 217 Å². The Kier molecular flexibility index (Phi) is 7.30. The van der Waals surface area contributed by atoms with Gasteiger partial charge in [0.05, 0.1) is 41.3 Å². The molecular weight excluding hydrogens is 524 g/mol. The van der Waals surface area contributed by atoms with E-state index in [1.54, 1.807) is 44.5 Å². The predicted molar refractivity (Wildman–Crippen MR) is 145 cm³/mol. The topological polar surface area (TPSA) is 85.7 Å². The van der Waals surface area contributed by atoms with Crippen molar-refractivity contribution < 1.29 is 14.3 Å². The number of ether oxygens (including phenoxy) is 2. The largest absolute Gasteiger partial charge is 0.497 e. The van der Waals surface area contributed by atoms with Gasteiger partial charge >= 0.3 is 6.03 Å². The minimum absolute atomic E-state index is 0.272. The summed E-state index contributed by atoms with van der Waals surface area (Å²) in [7, 11) is 4.75. The van der Waals surface area contributed by atoms with Gasteiger partial charge in [0.15, 0.2) is 0 Å². The lowest BCUT2D eigenvalue weighted by Gasteiger charge is -2.28. The van der Waals surface area contributed by atoms with Crippen LogP contribution < -0.4 is 20.3 Å². The van der Waals surface area contributed by atoms with Gasteiger partial charge in [0.2, 0.25) is 0 Å². The molecule has 2 amide bonds. The van der Waals surface area contributed by atoms with Crippen molar-refractivity contribution in [2.45, 2.75) is 19.9 Å². The third kappa shape index (κ3) is 4.66. The quantitative estimate of drug-likeness (QED) is 0.333. The number of halogens is 1. The number of urea groups is 1. The van der Waals surface area contributed by atoms with E-state index < -0.39 is 6.04 Å². The Morgan fingerprint density at radius 3 is 2.47 bits per heavy atom. The van der Waals surface area contributed by atoms with E-state index in [1.807, 2.05) is 44.2 Å². The van der Waals surface area contributed by atoms with Crippen LogP contribution in [0.25, 0.3) is 16.6 Å². The number of anilines is 1. The Balaban J connectivity index is 1.88. The molecule has 0 bridgehead atoms. The van der Waals surface area contributed by atoms with Crippen molar-refractivity contribution >= 4 is 38.6 Å². The number of hydrogen-bond donors (Lipinski definition) is 1. The highest BCUT2D eigenvalue weighted by Gasteiger charge is 2.26. The van der Waals surface area contributed by atoms with Crippen molar-refractivity contribution in [3.05, 3.63) is 86.9 Å². The summed E-state index contributed by atoms with van der Waals surface area (Å²) in [6.07, 6.45) is 0. The van der Waals surface area contributed by atoms with E-state index in [9.17, 15) is 9.59 Å². The van der Waals surface area contributed by atoms with Gasteiger partial charge in [-0.15, -0.1) is 0 Å². The first-order valence-electron chi connectivity index (χ1n) is 11.3. The number of para-hydroxylation sites is 2. The highest BCUT2D eigenvalue weighted by molar-refractivity contribution is 9.10. The molecule has 1 unspecified atom stereocenters. The number of aryl methyl sites for hydroxylation is 1. The second-order valence-electron chi connectivity index (χ2n) is 8.32. The molecule has 9 heteroatoms. The monoisotopic (exact) mass is 550 g/mol. The first kappa shape index (κ1) is 25.2. The molecule has 0 radical (unpaired) electrons. The summed E-state index contributed by atoms with van der Waals surface area (Å²) in [4.78, 5) is 33.4. The number of fused-ring (bicyclic) bond motifs is 1. The molecular formula is C27H27BrN4O4. The molecule has 0 saturated heterocycles. The standard InChI is InChI=1S/C27H27BrN4O4/c1-16-10-6-8-12-20(16)30-27(34)31(3)17(2)25-29-21-13-9-7-11-19(21)26(33)32(25)22-14-18(35-4)15-23(36-5)24(22)28/h6-15,17H,1-5H3,(H,30,34). The summed E-state index contributed by atoms with van der Waals surface area (Å²) in [6.45, 7) is 3.76. The average molecular weight is 551 g/mol. The first-order valence-corrected chi connectivity index (χ1v) is 12.1. The maximum absolute atomic E-state index is 13.8. The number of aromatic nitrogens is 2. The molecule has 0 aliphatic carbocycles. The Morgan fingerprint density at radius 2 is 1.78 bits per heavy atom. The van der Waals surface area contributed by atoms with Gasteiger partial charge in [-0.3, -0.25) is 9.36 Å². The molecule has 36 heavy (non-hydrogen) atoms. The molecule has 0 spiro atoms. The average Bonchev–Trinajstić information content (AvgIpc) is 2.89. The van der Waals surface area contributed by atoms with Crippen LogP contribution in [0.1, 0.15) is 24.4 Å². The number of hydrogen-bond acceptors (Lipinski definition) is 5. The molecule has 186 valence electrons. The smallest absolute Gasteiger partial charge is 0.322 e. The van der Waals surface area contributed by atoms with Crippen molar-refractivity contribution in [3.63, 3.8) is 0 Å². The van der Waals surface area contributed by atoms with Crippen molar-refractivity contribution in [2.75, 3.05) is 26.6 Å². The predicted octanol–water partition coefficient (Wildman–Crippen LogP) is 5.70.